The molecule has 2 amide bonds. The molecule has 6 heteroatoms. The van der Waals surface area contributed by atoms with Crippen molar-refractivity contribution >= 4 is 12.0 Å². The largest absolute Gasteiger partial charge is 0.479 e. The van der Waals surface area contributed by atoms with Crippen molar-refractivity contribution in [1.29, 1.82) is 0 Å². The van der Waals surface area contributed by atoms with Crippen molar-refractivity contribution in [1.82, 2.24) is 10.2 Å². The van der Waals surface area contributed by atoms with E-state index in [1.165, 1.54) is 11.9 Å². The van der Waals surface area contributed by atoms with Crippen LogP contribution in [0.4, 0.5) is 4.79 Å². The molecule has 1 rings (SSSR count). The Morgan fingerprint density at radius 3 is 2.30 bits per heavy atom. The molecule has 6 nitrogen and oxygen atoms in total. The van der Waals surface area contributed by atoms with E-state index in [1.54, 1.807) is 44.2 Å². The number of amides is 2. The molecule has 0 fully saturated rings. The number of rotatable bonds is 5. The number of hydrogen-bond donors (Lipinski definition) is 3. The molecule has 1 aromatic rings. The molecule has 0 saturated heterocycles. The minimum atomic E-state index is -1.14. The summed E-state index contributed by atoms with van der Waals surface area (Å²) in [6, 6.07) is 6.77. The van der Waals surface area contributed by atoms with Gasteiger partial charge in [0.15, 0.2) is 6.04 Å². The quantitative estimate of drug-likeness (QED) is 0.756. The Balaban J connectivity index is 2.88. The maximum atomic E-state index is 12.1. The number of hydrogen-bond acceptors (Lipinski definition) is 3. The van der Waals surface area contributed by atoms with Gasteiger partial charge in [-0.25, -0.2) is 9.59 Å². The lowest BCUT2D eigenvalue weighted by Crippen LogP contribution is -2.53. The van der Waals surface area contributed by atoms with Crippen LogP contribution in [0.15, 0.2) is 30.3 Å². The number of nitrogens with one attached hydrogen (secondary N) is 1. The summed E-state index contributed by atoms with van der Waals surface area (Å²) in [4.78, 5) is 24.7. The number of aliphatic hydroxyl groups is 1. The predicted octanol–water partition coefficient (Wildman–Crippen LogP) is 1.22. The Hall–Kier alpha value is -2.08. The van der Waals surface area contributed by atoms with E-state index in [4.69, 9.17) is 0 Å². The minimum Gasteiger partial charge on any atom is -0.479 e. The van der Waals surface area contributed by atoms with Gasteiger partial charge in [-0.3, -0.25) is 0 Å². The van der Waals surface area contributed by atoms with E-state index in [0.717, 1.165) is 0 Å². The van der Waals surface area contributed by atoms with E-state index >= 15 is 0 Å². The van der Waals surface area contributed by atoms with Gasteiger partial charge in [0, 0.05) is 7.05 Å². The third-order valence-corrected chi connectivity index (χ3v) is 3.25. The number of aliphatic carboxylic acids is 1. The molecular formula is C14H20N2O4. The predicted molar refractivity (Wildman–Crippen MR) is 74.3 cm³/mol. The Kier molecular flexibility index (Phi) is 5.10. The number of likely N-dealkylation sites (N-methyl/N-ethyl adjacent to an activating group) is 1. The molecule has 1 aromatic carbocycles. The Morgan fingerprint density at radius 1 is 1.30 bits per heavy atom. The van der Waals surface area contributed by atoms with Crippen LogP contribution in [0.1, 0.15) is 25.5 Å². The lowest BCUT2D eigenvalue weighted by Gasteiger charge is -2.34. The van der Waals surface area contributed by atoms with E-state index in [-0.39, 0.29) is 6.61 Å². The van der Waals surface area contributed by atoms with Crippen LogP contribution in [0.25, 0.3) is 0 Å². The fourth-order valence-electron chi connectivity index (χ4n) is 1.53. The highest BCUT2D eigenvalue weighted by Gasteiger charge is 2.30. The second-order valence-corrected chi connectivity index (χ2v) is 5.16. The van der Waals surface area contributed by atoms with Crippen LogP contribution in [0.2, 0.25) is 0 Å². The lowest BCUT2D eigenvalue weighted by atomic mass is 10.1. The Bertz CT molecular complexity index is 473. The highest BCUT2D eigenvalue weighted by molar-refractivity contribution is 5.83. The topological polar surface area (TPSA) is 89.9 Å². The minimum absolute atomic E-state index is 0.222. The third-order valence-electron chi connectivity index (χ3n) is 3.25. The number of carboxylic acids is 1. The third kappa shape index (κ3) is 3.71. The van der Waals surface area contributed by atoms with Crippen molar-refractivity contribution in [3.05, 3.63) is 35.9 Å². The molecule has 1 atom stereocenters. The lowest BCUT2D eigenvalue weighted by molar-refractivity contribution is -0.139. The summed E-state index contributed by atoms with van der Waals surface area (Å²) in [5, 5.41) is 20.9. The molecule has 0 aliphatic heterocycles. The molecule has 0 aliphatic rings. The maximum absolute atomic E-state index is 12.1. The van der Waals surface area contributed by atoms with E-state index in [2.05, 4.69) is 5.32 Å². The summed E-state index contributed by atoms with van der Waals surface area (Å²) >= 11 is 0. The van der Waals surface area contributed by atoms with Gasteiger partial charge in [-0.1, -0.05) is 30.3 Å². The molecule has 3 N–H and O–H groups in total. The summed E-state index contributed by atoms with van der Waals surface area (Å²) in [6.07, 6.45) is 0. The Labute approximate surface area is 118 Å². The van der Waals surface area contributed by atoms with E-state index in [9.17, 15) is 19.8 Å². The van der Waals surface area contributed by atoms with Gasteiger partial charge in [0.1, 0.15) is 0 Å². The number of carboxylic acid groups (broad SMARTS) is 1. The van der Waals surface area contributed by atoms with Crippen LogP contribution in [-0.4, -0.2) is 46.3 Å². The molecule has 0 unspecified atom stereocenters. The standard InChI is InChI=1S/C14H20N2O4/c1-14(2,9-17)16(3)13(20)15-11(12(18)19)10-7-5-4-6-8-10/h4-8,11,17H,9H2,1-3H3,(H,15,20)(H,18,19)/t11-/m0/s1. The van der Waals surface area contributed by atoms with E-state index in [0.29, 0.717) is 5.56 Å². The second-order valence-electron chi connectivity index (χ2n) is 5.16. The summed E-state index contributed by atoms with van der Waals surface area (Å²) in [5.74, 6) is -1.14. The molecular weight excluding hydrogens is 260 g/mol. The maximum Gasteiger partial charge on any atom is 0.330 e. The van der Waals surface area contributed by atoms with E-state index in [1.807, 2.05) is 0 Å². The van der Waals surface area contributed by atoms with Crippen LogP contribution in [0, 0.1) is 0 Å². The number of benzene rings is 1. The molecule has 0 aromatic heterocycles. The SMILES string of the molecule is CN(C(=O)N[C@H](C(=O)O)c1ccccc1)C(C)(C)CO. The number of nitrogens with zero attached hydrogens (tertiary/aromatic N) is 1. The second kappa shape index (κ2) is 6.38. The summed E-state index contributed by atoms with van der Waals surface area (Å²) in [6.45, 7) is 3.15. The zero-order valence-electron chi connectivity index (χ0n) is 11.8. The fourth-order valence-corrected chi connectivity index (χ4v) is 1.53. The van der Waals surface area contributed by atoms with Gasteiger partial charge in [-0.2, -0.15) is 0 Å². The van der Waals surface area contributed by atoms with Gasteiger partial charge in [-0.15, -0.1) is 0 Å². The molecule has 0 heterocycles. The van der Waals surface area contributed by atoms with E-state index < -0.39 is 23.6 Å². The van der Waals surface area contributed by atoms with Crippen LogP contribution >= 0.6 is 0 Å². The first-order valence-electron chi connectivity index (χ1n) is 6.22. The molecule has 0 radical (unpaired) electrons. The Morgan fingerprint density at radius 2 is 1.85 bits per heavy atom. The first kappa shape index (κ1) is 16.0. The van der Waals surface area contributed by atoms with Crippen molar-refractivity contribution in [3.63, 3.8) is 0 Å². The summed E-state index contributed by atoms with van der Waals surface area (Å²) < 4.78 is 0. The van der Waals surface area contributed by atoms with Crippen LogP contribution in [0.3, 0.4) is 0 Å². The summed E-state index contributed by atoms with van der Waals surface area (Å²) in [5.41, 5.74) is -0.285. The normalized spacial score (nSPS) is 12.6. The number of carbonyl (C=O) groups is 2. The molecule has 0 bridgehead atoms. The molecule has 110 valence electrons. The van der Waals surface area contributed by atoms with Crippen LogP contribution in [-0.2, 0) is 4.79 Å². The summed E-state index contributed by atoms with van der Waals surface area (Å²) in [7, 11) is 1.51. The van der Waals surface area contributed by atoms with Gasteiger partial charge in [-0.05, 0) is 19.4 Å². The average Bonchev–Trinajstić information content (AvgIpc) is 2.44. The molecule has 0 spiro atoms. The number of urea groups is 1. The van der Waals surface area contributed by atoms with Crippen LogP contribution in [0.5, 0.6) is 0 Å². The van der Waals surface area contributed by atoms with Crippen molar-refractivity contribution in [2.45, 2.75) is 25.4 Å². The van der Waals surface area contributed by atoms with Gasteiger partial charge >= 0.3 is 12.0 Å². The fraction of sp³-hybridized carbons (Fsp3) is 0.429. The zero-order valence-corrected chi connectivity index (χ0v) is 11.8. The van der Waals surface area contributed by atoms with Crippen molar-refractivity contribution in [2.24, 2.45) is 0 Å². The monoisotopic (exact) mass is 280 g/mol. The van der Waals surface area contributed by atoms with Crippen molar-refractivity contribution < 1.29 is 19.8 Å². The molecule has 20 heavy (non-hydrogen) atoms. The zero-order chi connectivity index (χ0) is 15.3. The van der Waals surface area contributed by atoms with Gasteiger partial charge in [0.2, 0.25) is 0 Å². The van der Waals surface area contributed by atoms with Crippen LogP contribution < -0.4 is 5.32 Å². The van der Waals surface area contributed by atoms with Gasteiger partial charge < -0.3 is 20.4 Å². The highest BCUT2D eigenvalue weighted by Crippen LogP contribution is 2.16. The van der Waals surface area contributed by atoms with Crippen molar-refractivity contribution in [3.8, 4) is 0 Å². The molecule has 0 saturated carbocycles. The van der Waals surface area contributed by atoms with Gasteiger partial charge in [0.05, 0.1) is 12.1 Å². The smallest absolute Gasteiger partial charge is 0.330 e. The molecule has 0 aliphatic carbocycles. The average molecular weight is 280 g/mol. The highest BCUT2D eigenvalue weighted by atomic mass is 16.4. The first-order chi connectivity index (χ1) is 9.29. The van der Waals surface area contributed by atoms with Crippen molar-refractivity contribution in [2.75, 3.05) is 13.7 Å². The first-order valence-corrected chi connectivity index (χ1v) is 6.22. The number of carbonyl (C=O) groups excluding carboxylic acids is 1. The number of aliphatic hydroxyl groups excluding tert-OH is 1. The van der Waals surface area contributed by atoms with Gasteiger partial charge in [0.25, 0.3) is 0 Å².